The van der Waals surface area contributed by atoms with Crippen molar-refractivity contribution in [2.24, 2.45) is 5.14 Å². The Bertz CT molecular complexity index is 651. The van der Waals surface area contributed by atoms with Crippen LogP contribution >= 0.6 is 0 Å². The van der Waals surface area contributed by atoms with Crippen molar-refractivity contribution in [3.8, 4) is 5.75 Å². The maximum absolute atomic E-state index is 12.3. The van der Waals surface area contributed by atoms with Crippen LogP contribution in [0.1, 0.15) is 19.8 Å². The summed E-state index contributed by atoms with van der Waals surface area (Å²) in [5.41, 5.74) is -0.673. The number of amides is 1. The van der Waals surface area contributed by atoms with Gasteiger partial charge in [0.2, 0.25) is 10.0 Å². The van der Waals surface area contributed by atoms with Crippen molar-refractivity contribution < 1.29 is 22.7 Å². The smallest absolute Gasteiger partial charge is 0.256 e. The van der Waals surface area contributed by atoms with E-state index in [4.69, 9.17) is 14.6 Å². The largest absolute Gasteiger partial charge is 0.495 e. The number of rotatable bonds is 4. The number of carbonyl (C=O) groups is 1. The first-order chi connectivity index (χ1) is 9.76. The Morgan fingerprint density at radius 2 is 2.19 bits per heavy atom. The molecule has 21 heavy (non-hydrogen) atoms. The molecule has 7 nitrogen and oxygen atoms in total. The minimum absolute atomic E-state index is 0.101. The molecule has 1 unspecified atom stereocenters. The molecule has 0 aliphatic carbocycles. The summed E-state index contributed by atoms with van der Waals surface area (Å²) in [6, 6.07) is 4.02. The highest BCUT2D eigenvalue weighted by Crippen LogP contribution is 2.31. The average Bonchev–Trinajstić information content (AvgIpc) is 2.86. The second-order valence-electron chi connectivity index (χ2n) is 5.04. The monoisotopic (exact) mass is 314 g/mol. The fourth-order valence-electron chi connectivity index (χ4n) is 2.17. The molecule has 1 atom stereocenters. The van der Waals surface area contributed by atoms with Gasteiger partial charge in [-0.2, -0.15) is 0 Å². The standard InChI is InChI=1S/C13H18N2O5S/c1-13(6-3-7-20-13)12(16)15-10-8-9(21(14,17)18)4-5-11(10)19-2/h4-5,8H,3,6-7H2,1-2H3,(H,15,16)(H2,14,17,18). The molecule has 1 aromatic rings. The van der Waals surface area contributed by atoms with Crippen LogP contribution < -0.4 is 15.2 Å². The van der Waals surface area contributed by atoms with Crippen LogP contribution in [-0.2, 0) is 19.6 Å². The summed E-state index contributed by atoms with van der Waals surface area (Å²) in [5, 5.41) is 7.74. The molecule has 0 saturated carbocycles. The van der Waals surface area contributed by atoms with Crippen LogP contribution in [0, 0.1) is 0 Å². The molecule has 2 rings (SSSR count). The molecule has 3 N–H and O–H groups in total. The molecule has 116 valence electrons. The van der Waals surface area contributed by atoms with Crippen molar-refractivity contribution in [2.45, 2.75) is 30.3 Å². The number of nitrogens with two attached hydrogens (primary N) is 1. The number of benzene rings is 1. The molecule has 1 heterocycles. The van der Waals surface area contributed by atoms with Crippen LogP contribution in [0.5, 0.6) is 5.75 Å². The lowest BCUT2D eigenvalue weighted by atomic mass is 10.0. The Balaban J connectivity index is 2.31. The third-order valence-electron chi connectivity index (χ3n) is 3.45. The second kappa shape index (κ2) is 5.63. The van der Waals surface area contributed by atoms with E-state index >= 15 is 0 Å². The van der Waals surface area contributed by atoms with Crippen molar-refractivity contribution >= 4 is 21.6 Å². The number of hydrogen-bond acceptors (Lipinski definition) is 5. The highest BCUT2D eigenvalue weighted by atomic mass is 32.2. The normalized spacial score (nSPS) is 22.0. The maximum Gasteiger partial charge on any atom is 0.256 e. The zero-order valence-corrected chi connectivity index (χ0v) is 12.7. The van der Waals surface area contributed by atoms with E-state index in [0.717, 1.165) is 6.42 Å². The first-order valence-corrected chi connectivity index (χ1v) is 7.97. The fraction of sp³-hybridized carbons (Fsp3) is 0.462. The number of ether oxygens (including phenoxy) is 2. The van der Waals surface area contributed by atoms with Gasteiger partial charge >= 0.3 is 0 Å². The van der Waals surface area contributed by atoms with Gasteiger partial charge < -0.3 is 14.8 Å². The van der Waals surface area contributed by atoms with Gasteiger partial charge in [-0.15, -0.1) is 0 Å². The van der Waals surface area contributed by atoms with Crippen molar-refractivity contribution in [3.63, 3.8) is 0 Å². The molecular formula is C13H18N2O5S. The van der Waals surface area contributed by atoms with Gasteiger partial charge in [0.25, 0.3) is 5.91 Å². The summed E-state index contributed by atoms with van der Waals surface area (Å²) in [6.07, 6.45) is 1.41. The molecule has 0 radical (unpaired) electrons. The molecule has 1 fully saturated rings. The molecule has 8 heteroatoms. The Hall–Kier alpha value is -1.64. The van der Waals surface area contributed by atoms with Gasteiger partial charge in [-0.05, 0) is 38.0 Å². The molecule has 1 amide bonds. The predicted octanol–water partition coefficient (Wildman–Crippen LogP) is 0.850. The van der Waals surface area contributed by atoms with Crippen LogP contribution in [0.25, 0.3) is 0 Å². The zero-order valence-electron chi connectivity index (χ0n) is 11.9. The number of nitrogens with one attached hydrogen (secondary N) is 1. The Labute approximate surface area is 123 Å². The van der Waals surface area contributed by atoms with Gasteiger partial charge in [0.1, 0.15) is 11.4 Å². The number of sulfonamides is 1. The summed E-state index contributed by atoms with van der Waals surface area (Å²) in [6.45, 7) is 2.23. The number of methoxy groups -OCH3 is 1. The molecule has 1 aliphatic rings. The minimum Gasteiger partial charge on any atom is -0.495 e. The van der Waals surface area contributed by atoms with Crippen molar-refractivity contribution in [3.05, 3.63) is 18.2 Å². The van der Waals surface area contributed by atoms with Crippen LogP contribution in [0.3, 0.4) is 0 Å². The lowest BCUT2D eigenvalue weighted by Crippen LogP contribution is -2.39. The lowest BCUT2D eigenvalue weighted by molar-refractivity contribution is -0.133. The molecule has 1 aromatic carbocycles. The molecular weight excluding hydrogens is 296 g/mol. The van der Waals surface area contributed by atoms with Crippen molar-refractivity contribution in [1.82, 2.24) is 0 Å². The van der Waals surface area contributed by atoms with E-state index in [2.05, 4.69) is 5.32 Å². The van der Waals surface area contributed by atoms with Gasteiger partial charge in [0.15, 0.2) is 0 Å². The Kier molecular flexibility index (Phi) is 4.22. The summed E-state index contributed by atoms with van der Waals surface area (Å²) in [5.74, 6) is 0.00205. The first-order valence-electron chi connectivity index (χ1n) is 6.42. The van der Waals surface area contributed by atoms with E-state index in [1.54, 1.807) is 6.92 Å². The SMILES string of the molecule is COc1ccc(S(N)(=O)=O)cc1NC(=O)C1(C)CCCO1. The van der Waals surface area contributed by atoms with Crippen LogP contribution in [0.15, 0.2) is 23.1 Å². The van der Waals surface area contributed by atoms with Gasteiger partial charge in [0.05, 0.1) is 17.7 Å². The zero-order chi connectivity index (χ0) is 15.7. The summed E-state index contributed by atoms with van der Waals surface area (Å²) in [4.78, 5) is 12.2. The maximum atomic E-state index is 12.3. The van der Waals surface area contributed by atoms with Crippen molar-refractivity contribution in [1.29, 1.82) is 0 Å². The van der Waals surface area contributed by atoms with Gasteiger partial charge in [-0.25, -0.2) is 13.6 Å². The van der Waals surface area contributed by atoms with E-state index in [1.165, 1.54) is 25.3 Å². The van der Waals surface area contributed by atoms with Crippen LogP contribution in [0.2, 0.25) is 0 Å². The van der Waals surface area contributed by atoms with E-state index in [9.17, 15) is 13.2 Å². The minimum atomic E-state index is -3.86. The van der Waals surface area contributed by atoms with Gasteiger partial charge in [-0.3, -0.25) is 4.79 Å². The summed E-state index contributed by atoms with van der Waals surface area (Å²) in [7, 11) is -2.43. The topological polar surface area (TPSA) is 108 Å². The third kappa shape index (κ3) is 3.34. The average molecular weight is 314 g/mol. The predicted molar refractivity (Wildman–Crippen MR) is 76.6 cm³/mol. The second-order valence-corrected chi connectivity index (χ2v) is 6.61. The molecule has 1 saturated heterocycles. The number of hydrogen-bond donors (Lipinski definition) is 2. The Morgan fingerprint density at radius 1 is 1.48 bits per heavy atom. The van der Waals surface area contributed by atoms with Crippen LogP contribution in [-0.4, -0.2) is 33.6 Å². The number of anilines is 1. The quantitative estimate of drug-likeness (QED) is 0.856. The van der Waals surface area contributed by atoms with Crippen LogP contribution in [0.4, 0.5) is 5.69 Å². The van der Waals surface area contributed by atoms with Gasteiger partial charge in [-0.1, -0.05) is 0 Å². The number of primary sulfonamides is 1. The number of carbonyl (C=O) groups excluding carboxylic acids is 1. The fourth-order valence-corrected chi connectivity index (χ4v) is 2.71. The first kappa shape index (κ1) is 15.7. The highest BCUT2D eigenvalue weighted by molar-refractivity contribution is 7.89. The molecule has 0 spiro atoms. The van der Waals surface area contributed by atoms with Gasteiger partial charge in [0, 0.05) is 6.61 Å². The van der Waals surface area contributed by atoms with E-state index in [0.29, 0.717) is 18.8 Å². The van der Waals surface area contributed by atoms with E-state index in [1.807, 2.05) is 0 Å². The van der Waals surface area contributed by atoms with Crippen molar-refractivity contribution in [2.75, 3.05) is 19.0 Å². The third-order valence-corrected chi connectivity index (χ3v) is 4.36. The Morgan fingerprint density at radius 3 is 2.71 bits per heavy atom. The molecule has 0 bridgehead atoms. The lowest BCUT2D eigenvalue weighted by Gasteiger charge is -2.22. The van der Waals surface area contributed by atoms with E-state index in [-0.39, 0.29) is 16.5 Å². The summed E-state index contributed by atoms with van der Waals surface area (Å²) < 4.78 is 33.3. The van der Waals surface area contributed by atoms with E-state index < -0.39 is 15.6 Å². The molecule has 1 aliphatic heterocycles. The highest BCUT2D eigenvalue weighted by Gasteiger charge is 2.38. The summed E-state index contributed by atoms with van der Waals surface area (Å²) >= 11 is 0. The molecule has 0 aromatic heterocycles.